The van der Waals surface area contributed by atoms with E-state index in [0.29, 0.717) is 5.69 Å². The van der Waals surface area contributed by atoms with Crippen LogP contribution in [-0.2, 0) is 26.8 Å². The van der Waals surface area contributed by atoms with Gasteiger partial charge in [-0.15, -0.1) is 0 Å². The molecule has 0 atom stereocenters. The summed E-state index contributed by atoms with van der Waals surface area (Å²) in [4.78, 5) is 25.3. The molecule has 3 aromatic rings. The fourth-order valence-electron chi connectivity index (χ4n) is 3.68. The minimum absolute atomic E-state index is 0.168. The number of rotatable bonds is 5. The number of nitrogens with one attached hydrogen (secondary N) is 1. The number of carbonyl (C=O) groups excluding carboxylic acids is 2. The topological polar surface area (TPSA) is 207 Å². The molecule has 0 aliphatic heterocycles. The molecule has 1 aliphatic rings. The molecule has 7 N–H and O–H groups in total. The van der Waals surface area contributed by atoms with Gasteiger partial charge < -0.3 is 16.8 Å². The molecule has 0 fully saturated rings. The van der Waals surface area contributed by atoms with Crippen molar-refractivity contribution in [3.05, 3.63) is 76.3 Å². The van der Waals surface area contributed by atoms with E-state index in [1.807, 2.05) is 0 Å². The standard InChI is InChI=1S/C21H17N3O8S2/c22-9-10-1-3-11(4-2-10)24-15-8-16(34(30,31)32)19(23)18-17(15)21(26)14-7-12(33(27,28)29)5-6-13(14)20(18)25/h1-8,24H,9,22-23H2,(H,27,28,29)(H,30,31,32). The van der Waals surface area contributed by atoms with Gasteiger partial charge in [0.25, 0.3) is 20.2 Å². The molecule has 3 aromatic carbocycles. The number of hydrogen-bond donors (Lipinski definition) is 5. The predicted octanol–water partition coefficient (Wildman–Crippen LogP) is 1.74. The summed E-state index contributed by atoms with van der Waals surface area (Å²) >= 11 is 0. The van der Waals surface area contributed by atoms with Crippen molar-refractivity contribution in [3.8, 4) is 0 Å². The molecule has 34 heavy (non-hydrogen) atoms. The first-order valence-electron chi connectivity index (χ1n) is 9.54. The zero-order valence-corrected chi connectivity index (χ0v) is 18.8. The van der Waals surface area contributed by atoms with E-state index in [1.54, 1.807) is 24.3 Å². The molecule has 0 unspecified atom stereocenters. The third-order valence-electron chi connectivity index (χ3n) is 5.31. The molecule has 0 amide bonds. The average molecular weight is 504 g/mol. The fraction of sp³-hybridized carbons (Fsp3) is 0.0476. The zero-order valence-electron chi connectivity index (χ0n) is 17.1. The van der Waals surface area contributed by atoms with Gasteiger partial charge in [-0.2, -0.15) is 16.8 Å². The summed E-state index contributed by atoms with van der Waals surface area (Å²) in [5.41, 5.74) is 10.5. The molecule has 13 heteroatoms. The number of ketones is 2. The SMILES string of the molecule is NCc1ccc(Nc2cc(S(=O)(=O)O)c(N)c3c2C(=O)c2cc(S(=O)(=O)O)ccc2C3=O)cc1. The Balaban J connectivity index is 1.99. The van der Waals surface area contributed by atoms with Crippen molar-refractivity contribution < 1.29 is 35.5 Å². The van der Waals surface area contributed by atoms with Crippen LogP contribution in [0.2, 0.25) is 0 Å². The monoisotopic (exact) mass is 503 g/mol. The summed E-state index contributed by atoms with van der Waals surface area (Å²) in [5, 5.41) is 2.84. The van der Waals surface area contributed by atoms with E-state index in [1.165, 1.54) is 0 Å². The molecule has 0 bridgehead atoms. The predicted molar refractivity (Wildman–Crippen MR) is 121 cm³/mol. The van der Waals surface area contributed by atoms with Crippen LogP contribution in [0.4, 0.5) is 17.1 Å². The number of carbonyl (C=O) groups is 2. The summed E-state index contributed by atoms with van der Waals surface area (Å²) in [6.45, 7) is 0.268. The Morgan fingerprint density at radius 3 is 1.97 bits per heavy atom. The van der Waals surface area contributed by atoms with Crippen molar-refractivity contribution in [1.82, 2.24) is 0 Å². The maximum atomic E-state index is 13.4. The molecule has 11 nitrogen and oxygen atoms in total. The quantitative estimate of drug-likeness (QED) is 0.196. The van der Waals surface area contributed by atoms with Crippen LogP contribution in [-0.4, -0.2) is 37.5 Å². The van der Waals surface area contributed by atoms with Crippen LogP contribution < -0.4 is 16.8 Å². The van der Waals surface area contributed by atoms with Gasteiger partial charge in [-0.1, -0.05) is 12.1 Å². The van der Waals surface area contributed by atoms with Crippen LogP contribution in [0.25, 0.3) is 0 Å². The maximum absolute atomic E-state index is 13.4. The summed E-state index contributed by atoms with van der Waals surface area (Å²) in [6, 6.07) is 10.2. The van der Waals surface area contributed by atoms with Gasteiger partial charge in [0.1, 0.15) is 4.90 Å². The maximum Gasteiger partial charge on any atom is 0.296 e. The van der Waals surface area contributed by atoms with Gasteiger partial charge in [-0.25, -0.2) is 0 Å². The van der Waals surface area contributed by atoms with E-state index in [9.17, 15) is 35.5 Å². The number of hydrogen-bond acceptors (Lipinski definition) is 9. The van der Waals surface area contributed by atoms with Gasteiger partial charge in [0.05, 0.1) is 27.4 Å². The number of fused-ring (bicyclic) bond motifs is 2. The Bertz CT molecular complexity index is 1600. The molecule has 176 valence electrons. The highest BCUT2D eigenvalue weighted by molar-refractivity contribution is 7.86. The number of anilines is 3. The second-order valence-corrected chi connectivity index (χ2v) is 10.2. The van der Waals surface area contributed by atoms with Gasteiger partial charge in [-0.05, 0) is 42.0 Å². The Kier molecular flexibility index (Phi) is 5.54. The highest BCUT2D eigenvalue weighted by atomic mass is 32.2. The van der Waals surface area contributed by atoms with Crippen LogP contribution in [0, 0.1) is 0 Å². The third kappa shape index (κ3) is 3.95. The van der Waals surface area contributed by atoms with Crippen molar-refractivity contribution in [2.24, 2.45) is 5.73 Å². The number of benzene rings is 3. The molecule has 1 aliphatic carbocycles. The van der Waals surface area contributed by atoms with Gasteiger partial charge in [0.2, 0.25) is 0 Å². The second-order valence-electron chi connectivity index (χ2n) is 7.43. The normalized spacial score (nSPS) is 13.4. The lowest BCUT2D eigenvalue weighted by molar-refractivity contribution is 0.0980. The molecular weight excluding hydrogens is 486 g/mol. The number of nitrogen functional groups attached to an aromatic ring is 1. The van der Waals surface area contributed by atoms with E-state index in [2.05, 4.69) is 5.32 Å². The third-order valence-corrected chi connectivity index (χ3v) is 7.05. The first-order valence-corrected chi connectivity index (χ1v) is 12.4. The zero-order chi connectivity index (χ0) is 25.0. The summed E-state index contributed by atoms with van der Waals surface area (Å²) < 4.78 is 66.0. The lowest BCUT2D eigenvalue weighted by Crippen LogP contribution is -2.25. The Hall–Kier alpha value is -3.62. The summed E-state index contributed by atoms with van der Waals surface area (Å²) in [7, 11) is -9.57. The van der Waals surface area contributed by atoms with Crippen LogP contribution >= 0.6 is 0 Å². The lowest BCUT2D eigenvalue weighted by atomic mass is 9.82. The van der Waals surface area contributed by atoms with Crippen molar-refractivity contribution in [2.45, 2.75) is 16.3 Å². The molecule has 4 rings (SSSR count). The molecule has 0 saturated carbocycles. The van der Waals surface area contributed by atoms with Crippen molar-refractivity contribution in [3.63, 3.8) is 0 Å². The highest BCUT2D eigenvalue weighted by Gasteiger charge is 2.37. The highest BCUT2D eigenvalue weighted by Crippen LogP contribution is 2.40. The van der Waals surface area contributed by atoms with E-state index in [-0.39, 0.29) is 28.9 Å². The first kappa shape index (κ1) is 23.5. The molecule has 0 heterocycles. The summed E-state index contributed by atoms with van der Waals surface area (Å²) in [5.74, 6) is -1.71. The van der Waals surface area contributed by atoms with Gasteiger partial charge in [0.15, 0.2) is 11.6 Å². The van der Waals surface area contributed by atoms with Gasteiger partial charge in [-0.3, -0.25) is 18.7 Å². The van der Waals surface area contributed by atoms with Crippen LogP contribution in [0.3, 0.4) is 0 Å². The minimum atomic E-state index is -4.89. The van der Waals surface area contributed by atoms with Crippen LogP contribution in [0.1, 0.15) is 37.4 Å². The van der Waals surface area contributed by atoms with Gasteiger partial charge in [0, 0.05) is 23.4 Å². The molecule has 0 aromatic heterocycles. The molecule has 0 spiro atoms. The molecule has 0 saturated heterocycles. The van der Waals surface area contributed by atoms with E-state index < -0.39 is 52.8 Å². The Morgan fingerprint density at radius 2 is 1.41 bits per heavy atom. The van der Waals surface area contributed by atoms with Crippen LogP contribution in [0.15, 0.2) is 58.3 Å². The van der Waals surface area contributed by atoms with Crippen LogP contribution in [0.5, 0.6) is 0 Å². The Morgan fingerprint density at radius 1 is 0.794 bits per heavy atom. The fourth-order valence-corrected chi connectivity index (χ4v) is 4.83. The minimum Gasteiger partial charge on any atom is -0.397 e. The second kappa shape index (κ2) is 8.00. The van der Waals surface area contributed by atoms with Crippen molar-refractivity contribution >= 4 is 48.9 Å². The van der Waals surface area contributed by atoms with Crippen molar-refractivity contribution in [1.29, 1.82) is 0 Å². The van der Waals surface area contributed by atoms with E-state index in [4.69, 9.17) is 11.5 Å². The van der Waals surface area contributed by atoms with Gasteiger partial charge >= 0.3 is 0 Å². The lowest BCUT2D eigenvalue weighted by Gasteiger charge is -2.24. The smallest absolute Gasteiger partial charge is 0.296 e. The largest absolute Gasteiger partial charge is 0.397 e. The molecular formula is C21H17N3O8S2. The van der Waals surface area contributed by atoms with Crippen molar-refractivity contribution in [2.75, 3.05) is 11.1 Å². The molecule has 0 radical (unpaired) electrons. The number of nitrogens with two attached hydrogens (primary N) is 2. The average Bonchev–Trinajstić information content (AvgIpc) is 2.77. The van der Waals surface area contributed by atoms with E-state index >= 15 is 0 Å². The first-order chi connectivity index (χ1) is 15.8. The van der Waals surface area contributed by atoms with E-state index in [0.717, 1.165) is 29.8 Å². The summed E-state index contributed by atoms with van der Waals surface area (Å²) in [6.07, 6.45) is 0. The Labute approximate surface area is 193 Å².